The number of benzene rings is 1. The second-order valence-electron chi connectivity index (χ2n) is 6.29. The molecule has 1 unspecified atom stereocenters. The normalized spacial score (nSPS) is 12.9. The van der Waals surface area contributed by atoms with Crippen LogP contribution in [0.2, 0.25) is 0 Å². The van der Waals surface area contributed by atoms with Crippen LogP contribution in [-0.2, 0) is 6.42 Å². The lowest BCUT2D eigenvalue weighted by atomic mass is 9.90. The SMILES string of the molecule is CC(C)c1ccc(CC(C)c2ccc[nH]c2=O)c2cc[nH]c12. The Hall–Kier alpha value is -2.29. The van der Waals surface area contributed by atoms with Gasteiger partial charge in [-0.3, -0.25) is 4.79 Å². The summed E-state index contributed by atoms with van der Waals surface area (Å²) in [5.74, 6) is 0.678. The van der Waals surface area contributed by atoms with E-state index >= 15 is 0 Å². The molecule has 0 spiro atoms. The van der Waals surface area contributed by atoms with Crippen molar-refractivity contribution in [3.8, 4) is 0 Å². The second kappa shape index (κ2) is 5.84. The molecule has 22 heavy (non-hydrogen) atoms. The molecule has 0 fully saturated rings. The van der Waals surface area contributed by atoms with Crippen molar-refractivity contribution in [2.75, 3.05) is 0 Å². The zero-order chi connectivity index (χ0) is 15.7. The minimum atomic E-state index is 0.0131. The average molecular weight is 294 g/mol. The van der Waals surface area contributed by atoms with E-state index in [0.717, 1.165) is 12.0 Å². The Bertz CT molecular complexity index is 842. The largest absolute Gasteiger partial charge is 0.361 e. The Kier molecular flexibility index (Phi) is 3.88. The van der Waals surface area contributed by atoms with Gasteiger partial charge >= 0.3 is 0 Å². The van der Waals surface area contributed by atoms with E-state index in [1.807, 2.05) is 18.3 Å². The summed E-state index contributed by atoms with van der Waals surface area (Å²) in [5, 5.41) is 1.27. The van der Waals surface area contributed by atoms with Crippen LogP contribution in [0.3, 0.4) is 0 Å². The zero-order valence-electron chi connectivity index (χ0n) is 13.3. The summed E-state index contributed by atoms with van der Waals surface area (Å²) in [5.41, 5.74) is 4.71. The maximum Gasteiger partial charge on any atom is 0.251 e. The summed E-state index contributed by atoms with van der Waals surface area (Å²) < 4.78 is 0. The third kappa shape index (κ3) is 2.59. The molecule has 0 amide bonds. The number of H-pyrrole nitrogens is 2. The molecule has 0 aliphatic rings. The monoisotopic (exact) mass is 294 g/mol. The number of hydrogen-bond acceptors (Lipinski definition) is 1. The first-order valence-corrected chi connectivity index (χ1v) is 7.84. The fourth-order valence-corrected chi connectivity index (χ4v) is 3.16. The Morgan fingerprint density at radius 1 is 0.955 bits per heavy atom. The van der Waals surface area contributed by atoms with Gasteiger partial charge in [-0.15, -0.1) is 0 Å². The van der Waals surface area contributed by atoms with Gasteiger partial charge in [0.2, 0.25) is 0 Å². The van der Waals surface area contributed by atoms with E-state index in [1.54, 1.807) is 6.20 Å². The third-order valence-electron chi connectivity index (χ3n) is 4.37. The summed E-state index contributed by atoms with van der Waals surface area (Å²) in [6, 6.07) is 10.4. The highest BCUT2D eigenvalue weighted by Crippen LogP contribution is 2.29. The van der Waals surface area contributed by atoms with Crippen molar-refractivity contribution >= 4 is 10.9 Å². The number of fused-ring (bicyclic) bond motifs is 1. The topological polar surface area (TPSA) is 48.6 Å². The summed E-state index contributed by atoms with van der Waals surface area (Å²) in [4.78, 5) is 18.1. The lowest BCUT2D eigenvalue weighted by Crippen LogP contribution is -2.15. The molecule has 0 bridgehead atoms. The van der Waals surface area contributed by atoms with Gasteiger partial charge in [-0.1, -0.05) is 39.0 Å². The molecule has 0 saturated heterocycles. The third-order valence-corrected chi connectivity index (χ3v) is 4.37. The average Bonchev–Trinajstić information content (AvgIpc) is 2.97. The van der Waals surface area contributed by atoms with E-state index in [-0.39, 0.29) is 11.5 Å². The molecule has 0 radical (unpaired) electrons. The van der Waals surface area contributed by atoms with Gasteiger partial charge in [-0.05, 0) is 41.5 Å². The highest BCUT2D eigenvalue weighted by Gasteiger charge is 2.14. The van der Waals surface area contributed by atoms with Crippen LogP contribution in [0.15, 0.2) is 47.5 Å². The van der Waals surface area contributed by atoms with Crippen LogP contribution in [-0.4, -0.2) is 9.97 Å². The summed E-state index contributed by atoms with van der Waals surface area (Å²) in [6.07, 6.45) is 4.54. The Labute approximate surface area is 130 Å². The minimum absolute atomic E-state index is 0.0131. The number of hydrogen-bond donors (Lipinski definition) is 2. The van der Waals surface area contributed by atoms with E-state index in [0.29, 0.717) is 5.92 Å². The minimum Gasteiger partial charge on any atom is -0.361 e. The molecule has 3 aromatic rings. The van der Waals surface area contributed by atoms with Crippen molar-refractivity contribution in [1.82, 2.24) is 9.97 Å². The van der Waals surface area contributed by atoms with Crippen molar-refractivity contribution in [2.45, 2.75) is 39.0 Å². The van der Waals surface area contributed by atoms with E-state index < -0.39 is 0 Å². The van der Waals surface area contributed by atoms with Crippen LogP contribution in [0.4, 0.5) is 0 Å². The zero-order valence-corrected chi connectivity index (χ0v) is 13.3. The first kappa shape index (κ1) is 14.6. The van der Waals surface area contributed by atoms with Crippen LogP contribution in [0, 0.1) is 0 Å². The van der Waals surface area contributed by atoms with Gasteiger partial charge in [-0.2, -0.15) is 0 Å². The quantitative estimate of drug-likeness (QED) is 0.739. The van der Waals surface area contributed by atoms with Crippen LogP contribution < -0.4 is 5.56 Å². The van der Waals surface area contributed by atoms with E-state index in [9.17, 15) is 4.79 Å². The lowest BCUT2D eigenvalue weighted by Gasteiger charge is -2.14. The highest BCUT2D eigenvalue weighted by molar-refractivity contribution is 5.86. The molecule has 0 aliphatic carbocycles. The maximum absolute atomic E-state index is 11.9. The molecule has 3 rings (SSSR count). The maximum atomic E-state index is 11.9. The Balaban J connectivity index is 1.98. The van der Waals surface area contributed by atoms with Gasteiger partial charge < -0.3 is 9.97 Å². The summed E-state index contributed by atoms with van der Waals surface area (Å²) >= 11 is 0. The Morgan fingerprint density at radius 2 is 1.77 bits per heavy atom. The standard InChI is InChI=1S/C19H22N2O/c1-12(2)15-7-6-14(17-8-10-20-18(15)17)11-13(3)16-5-4-9-21-19(16)22/h4-10,12-13,20H,11H2,1-3H3,(H,21,22). The van der Waals surface area contributed by atoms with Gasteiger partial charge in [-0.25, -0.2) is 0 Å². The fourth-order valence-electron chi connectivity index (χ4n) is 3.16. The molecule has 114 valence electrons. The molecule has 2 aromatic heterocycles. The molecule has 3 heteroatoms. The van der Waals surface area contributed by atoms with Gasteiger partial charge in [0.1, 0.15) is 0 Å². The molecular weight excluding hydrogens is 272 g/mol. The first-order chi connectivity index (χ1) is 10.6. The molecular formula is C19H22N2O. The van der Waals surface area contributed by atoms with Gasteiger partial charge in [0.05, 0.1) is 0 Å². The number of nitrogens with one attached hydrogen (secondary N) is 2. The molecule has 2 heterocycles. The van der Waals surface area contributed by atoms with Crippen molar-refractivity contribution in [2.24, 2.45) is 0 Å². The van der Waals surface area contributed by atoms with Crippen LogP contribution in [0.1, 0.15) is 49.3 Å². The smallest absolute Gasteiger partial charge is 0.251 e. The predicted molar refractivity (Wildman–Crippen MR) is 91.6 cm³/mol. The molecule has 1 aromatic carbocycles. The molecule has 2 N–H and O–H groups in total. The number of pyridine rings is 1. The summed E-state index contributed by atoms with van der Waals surface area (Å²) in [7, 11) is 0. The van der Waals surface area contributed by atoms with Crippen molar-refractivity contribution in [3.05, 3.63) is 69.8 Å². The number of aromatic nitrogens is 2. The van der Waals surface area contributed by atoms with Crippen molar-refractivity contribution in [3.63, 3.8) is 0 Å². The number of rotatable bonds is 4. The van der Waals surface area contributed by atoms with Crippen LogP contribution in [0.25, 0.3) is 10.9 Å². The Morgan fingerprint density at radius 3 is 2.50 bits per heavy atom. The van der Waals surface area contributed by atoms with Gasteiger partial charge in [0, 0.05) is 28.9 Å². The van der Waals surface area contributed by atoms with Crippen molar-refractivity contribution in [1.29, 1.82) is 0 Å². The molecule has 1 atom stereocenters. The van der Waals surface area contributed by atoms with E-state index in [1.165, 1.54) is 22.0 Å². The molecule has 0 saturated carbocycles. The predicted octanol–water partition coefficient (Wildman–Crippen LogP) is 4.33. The van der Waals surface area contributed by atoms with E-state index in [4.69, 9.17) is 0 Å². The fraction of sp³-hybridized carbons (Fsp3) is 0.316. The van der Waals surface area contributed by atoms with Gasteiger partial charge in [0.25, 0.3) is 5.56 Å². The highest BCUT2D eigenvalue weighted by atomic mass is 16.1. The second-order valence-corrected chi connectivity index (χ2v) is 6.29. The van der Waals surface area contributed by atoms with Crippen LogP contribution >= 0.6 is 0 Å². The summed E-state index contributed by atoms with van der Waals surface area (Å²) in [6.45, 7) is 6.53. The molecule has 3 nitrogen and oxygen atoms in total. The molecule has 0 aliphatic heterocycles. The van der Waals surface area contributed by atoms with Crippen LogP contribution in [0.5, 0.6) is 0 Å². The van der Waals surface area contributed by atoms with Crippen molar-refractivity contribution < 1.29 is 0 Å². The van der Waals surface area contributed by atoms with Gasteiger partial charge in [0.15, 0.2) is 0 Å². The number of aromatic amines is 2. The lowest BCUT2D eigenvalue weighted by molar-refractivity contribution is 0.749. The van der Waals surface area contributed by atoms with E-state index in [2.05, 4.69) is 48.9 Å². The first-order valence-electron chi connectivity index (χ1n) is 7.84.